The van der Waals surface area contributed by atoms with Gasteiger partial charge in [0, 0.05) is 26.1 Å². The van der Waals surface area contributed by atoms with Crippen LogP contribution in [0.5, 0.6) is 0 Å². The van der Waals surface area contributed by atoms with Gasteiger partial charge in [-0.1, -0.05) is 27.7 Å². The van der Waals surface area contributed by atoms with Gasteiger partial charge in [0.25, 0.3) is 10.2 Å². The molecular weight excluding hydrogens is 292 g/mol. The first-order valence-corrected chi connectivity index (χ1v) is 9.13. The van der Waals surface area contributed by atoms with E-state index in [1.54, 1.807) is 0 Å². The molecular formula is C14H30N2O4S. The Morgan fingerprint density at radius 2 is 1.71 bits per heavy atom. The molecule has 0 aromatic rings. The number of nitrogens with zero attached hydrogens (tertiary/aromatic N) is 1. The van der Waals surface area contributed by atoms with Gasteiger partial charge in [-0.2, -0.15) is 12.7 Å². The summed E-state index contributed by atoms with van der Waals surface area (Å²) < 4.78 is 28.5. The maximum atomic E-state index is 12.3. The van der Waals surface area contributed by atoms with Crippen molar-refractivity contribution in [1.82, 2.24) is 9.03 Å². The predicted octanol–water partition coefficient (Wildman–Crippen LogP) is 2.08. The van der Waals surface area contributed by atoms with Crippen LogP contribution in [-0.2, 0) is 15.0 Å². The van der Waals surface area contributed by atoms with Crippen molar-refractivity contribution in [2.45, 2.75) is 53.4 Å². The molecule has 126 valence electrons. The van der Waals surface area contributed by atoms with Crippen molar-refractivity contribution in [1.29, 1.82) is 0 Å². The second-order valence-corrected chi connectivity index (χ2v) is 7.60. The third-order valence-corrected chi connectivity index (χ3v) is 4.68. The van der Waals surface area contributed by atoms with Crippen molar-refractivity contribution >= 4 is 16.2 Å². The molecule has 0 heterocycles. The highest BCUT2D eigenvalue weighted by atomic mass is 32.2. The van der Waals surface area contributed by atoms with Gasteiger partial charge in [-0.05, 0) is 31.1 Å². The topological polar surface area (TPSA) is 86.7 Å². The summed E-state index contributed by atoms with van der Waals surface area (Å²) in [5.74, 6) is -0.734. The van der Waals surface area contributed by atoms with E-state index < -0.39 is 16.2 Å². The highest BCUT2D eigenvalue weighted by Crippen LogP contribution is 2.15. The molecule has 0 saturated carbocycles. The summed E-state index contributed by atoms with van der Waals surface area (Å²) in [5, 5.41) is 8.92. The van der Waals surface area contributed by atoms with Gasteiger partial charge in [-0.15, -0.1) is 0 Å². The van der Waals surface area contributed by atoms with Crippen LogP contribution in [0.2, 0.25) is 0 Å². The number of hydrogen-bond donors (Lipinski definition) is 2. The van der Waals surface area contributed by atoms with Crippen molar-refractivity contribution in [2.24, 2.45) is 11.8 Å². The Morgan fingerprint density at radius 3 is 2.10 bits per heavy atom. The maximum absolute atomic E-state index is 12.3. The van der Waals surface area contributed by atoms with Gasteiger partial charge in [0.2, 0.25) is 0 Å². The highest BCUT2D eigenvalue weighted by molar-refractivity contribution is 7.87. The van der Waals surface area contributed by atoms with E-state index in [9.17, 15) is 13.2 Å². The number of rotatable bonds is 12. The molecule has 0 aromatic heterocycles. The standard InChI is InChI=1S/C14H30N2O4S/c1-5-7-16(8-6-2)21(19,20)15-11-13(9-12(3)4)10-14(17)18/h12-13,15H,5-11H2,1-4H3,(H,17,18)/t13-/m0/s1. The molecule has 0 bridgehead atoms. The third kappa shape index (κ3) is 9.06. The molecule has 21 heavy (non-hydrogen) atoms. The first kappa shape index (κ1) is 20.3. The second kappa shape index (κ2) is 10.1. The minimum absolute atomic E-state index is 0.0117. The van der Waals surface area contributed by atoms with Crippen LogP contribution in [0.15, 0.2) is 0 Å². The Kier molecular flexibility index (Phi) is 9.81. The van der Waals surface area contributed by atoms with Crippen molar-refractivity contribution < 1.29 is 18.3 Å². The van der Waals surface area contributed by atoms with Crippen molar-refractivity contribution in [3.63, 3.8) is 0 Å². The fourth-order valence-electron chi connectivity index (χ4n) is 2.32. The van der Waals surface area contributed by atoms with E-state index in [-0.39, 0.29) is 18.9 Å². The lowest BCUT2D eigenvalue weighted by molar-refractivity contribution is -0.138. The molecule has 0 aliphatic carbocycles. The largest absolute Gasteiger partial charge is 0.481 e. The average molecular weight is 322 g/mol. The van der Waals surface area contributed by atoms with E-state index >= 15 is 0 Å². The van der Waals surface area contributed by atoms with Crippen LogP contribution < -0.4 is 4.72 Å². The molecule has 2 N–H and O–H groups in total. The quantitative estimate of drug-likeness (QED) is 0.576. The van der Waals surface area contributed by atoms with Gasteiger partial charge in [-0.3, -0.25) is 4.79 Å². The Balaban J connectivity index is 4.68. The van der Waals surface area contributed by atoms with Crippen molar-refractivity contribution in [3.8, 4) is 0 Å². The molecule has 0 fully saturated rings. The molecule has 7 heteroatoms. The summed E-state index contributed by atoms with van der Waals surface area (Å²) in [6, 6.07) is 0. The molecule has 0 aromatic carbocycles. The van der Waals surface area contributed by atoms with Crippen LogP contribution in [0, 0.1) is 11.8 Å². The summed E-state index contributed by atoms with van der Waals surface area (Å²) >= 11 is 0. The average Bonchev–Trinajstić information content (AvgIpc) is 2.34. The molecule has 0 aliphatic rings. The summed E-state index contributed by atoms with van der Waals surface area (Å²) in [5.41, 5.74) is 0. The van der Waals surface area contributed by atoms with E-state index in [4.69, 9.17) is 5.11 Å². The number of carboxylic acid groups (broad SMARTS) is 1. The van der Waals surface area contributed by atoms with Gasteiger partial charge in [0.05, 0.1) is 0 Å². The zero-order chi connectivity index (χ0) is 16.5. The minimum atomic E-state index is -3.52. The van der Waals surface area contributed by atoms with Crippen LogP contribution in [0.25, 0.3) is 0 Å². The molecule has 0 unspecified atom stereocenters. The summed E-state index contributed by atoms with van der Waals surface area (Å²) in [4.78, 5) is 10.9. The van der Waals surface area contributed by atoms with E-state index in [0.717, 1.165) is 12.8 Å². The Morgan fingerprint density at radius 1 is 1.19 bits per heavy atom. The van der Waals surface area contributed by atoms with Crippen LogP contribution in [0.1, 0.15) is 53.4 Å². The molecule has 6 nitrogen and oxygen atoms in total. The first-order chi connectivity index (χ1) is 9.72. The van der Waals surface area contributed by atoms with Crippen LogP contribution in [-0.4, -0.2) is 43.4 Å². The fraction of sp³-hybridized carbons (Fsp3) is 0.929. The lowest BCUT2D eigenvalue weighted by Crippen LogP contribution is -2.43. The Bertz CT molecular complexity index is 390. The number of hydrogen-bond acceptors (Lipinski definition) is 3. The lowest BCUT2D eigenvalue weighted by atomic mass is 9.94. The molecule has 0 rings (SSSR count). The first-order valence-electron chi connectivity index (χ1n) is 7.69. The number of carbonyl (C=O) groups is 1. The van der Waals surface area contributed by atoms with E-state index in [0.29, 0.717) is 25.4 Å². The maximum Gasteiger partial charge on any atom is 0.303 e. The van der Waals surface area contributed by atoms with E-state index in [2.05, 4.69) is 4.72 Å². The van der Waals surface area contributed by atoms with Gasteiger partial charge in [0.1, 0.15) is 0 Å². The highest BCUT2D eigenvalue weighted by Gasteiger charge is 2.23. The molecule has 0 amide bonds. The minimum Gasteiger partial charge on any atom is -0.481 e. The van der Waals surface area contributed by atoms with E-state index in [1.165, 1.54) is 4.31 Å². The SMILES string of the molecule is CCCN(CCC)S(=O)(=O)NC[C@H](CC(=O)O)CC(C)C. The van der Waals surface area contributed by atoms with Gasteiger partial charge in [0.15, 0.2) is 0 Å². The lowest BCUT2D eigenvalue weighted by Gasteiger charge is -2.23. The van der Waals surface area contributed by atoms with Crippen molar-refractivity contribution in [3.05, 3.63) is 0 Å². The number of nitrogens with one attached hydrogen (secondary N) is 1. The Labute approximate surface area is 129 Å². The fourth-order valence-corrected chi connectivity index (χ4v) is 3.79. The third-order valence-electron chi connectivity index (χ3n) is 3.11. The Hall–Kier alpha value is -0.660. The summed E-state index contributed by atoms with van der Waals surface area (Å²) in [6.45, 7) is 9.02. The molecule has 0 aliphatic heterocycles. The number of carboxylic acids is 1. The molecule has 1 atom stereocenters. The zero-order valence-corrected chi connectivity index (χ0v) is 14.4. The van der Waals surface area contributed by atoms with Crippen molar-refractivity contribution in [2.75, 3.05) is 19.6 Å². The van der Waals surface area contributed by atoms with Gasteiger partial charge < -0.3 is 5.11 Å². The zero-order valence-electron chi connectivity index (χ0n) is 13.6. The smallest absolute Gasteiger partial charge is 0.303 e. The molecule has 0 radical (unpaired) electrons. The summed E-state index contributed by atoms with van der Waals surface area (Å²) in [7, 11) is -3.52. The van der Waals surface area contributed by atoms with Crippen LogP contribution in [0.3, 0.4) is 0 Å². The van der Waals surface area contributed by atoms with Gasteiger partial charge in [-0.25, -0.2) is 4.72 Å². The number of aliphatic carboxylic acids is 1. The predicted molar refractivity (Wildman–Crippen MR) is 84.3 cm³/mol. The van der Waals surface area contributed by atoms with Crippen LogP contribution >= 0.6 is 0 Å². The normalized spacial score (nSPS) is 13.8. The monoisotopic (exact) mass is 322 g/mol. The second-order valence-electron chi connectivity index (χ2n) is 5.85. The van der Waals surface area contributed by atoms with E-state index in [1.807, 2.05) is 27.7 Å². The molecule has 0 spiro atoms. The van der Waals surface area contributed by atoms with Gasteiger partial charge >= 0.3 is 5.97 Å². The molecule has 0 saturated heterocycles. The summed E-state index contributed by atoms with van der Waals surface area (Å²) in [6.07, 6.45) is 2.19. The van der Waals surface area contributed by atoms with Crippen LogP contribution in [0.4, 0.5) is 0 Å².